The molecule has 20 heavy (non-hydrogen) atoms. The minimum atomic E-state index is -0.109. The fourth-order valence-corrected chi connectivity index (χ4v) is 4.54. The van der Waals surface area contributed by atoms with Crippen molar-refractivity contribution in [3.8, 4) is 0 Å². The fourth-order valence-electron chi connectivity index (χ4n) is 1.75. The van der Waals surface area contributed by atoms with Crippen molar-refractivity contribution < 1.29 is 4.79 Å². The van der Waals surface area contributed by atoms with Gasteiger partial charge in [-0.3, -0.25) is 4.79 Å². The Bertz CT molecular complexity index is 626. The summed E-state index contributed by atoms with van der Waals surface area (Å²) in [6, 6.07) is 9.79. The molecule has 0 aliphatic rings. The van der Waals surface area contributed by atoms with Crippen LogP contribution in [0.5, 0.6) is 0 Å². The largest absolute Gasteiger partial charge is 0.322 e. The topological polar surface area (TPSA) is 29.1 Å². The lowest BCUT2D eigenvalue weighted by Crippen LogP contribution is -2.13. The Morgan fingerprint density at radius 3 is 2.20 bits per heavy atom. The second kappa shape index (κ2) is 6.00. The van der Waals surface area contributed by atoms with Gasteiger partial charge in [-0.05, 0) is 61.0 Å². The summed E-state index contributed by atoms with van der Waals surface area (Å²) in [5.41, 5.74) is 2.80. The number of carbonyl (C=O) groups excluding carboxylic acids is 1. The number of amides is 1. The van der Waals surface area contributed by atoms with E-state index in [9.17, 15) is 4.79 Å². The Labute approximate surface area is 139 Å². The Morgan fingerprint density at radius 2 is 1.75 bits per heavy atom. The van der Waals surface area contributed by atoms with Gasteiger partial charge in [-0.15, -0.1) is 11.3 Å². The molecule has 2 aromatic rings. The molecule has 2 rings (SSSR count). The molecule has 2 nitrogen and oxygen atoms in total. The summed E-state index contributed by atoms with van der Waals surface area (Å²) in [4.78, 5) is 12.2. The first-order valence-corrected chi connectivity index (χ1v) is 8.54. The van der Waals surface area contributed by atoms with Crippen LogP contribution >= 0.6 is 43.2 Å². The zero-order valence-electron chi connectivity index (χ0n) is 11.5. The lowest BCUT2D eigenvalue weighted by atomic mass is 9.87. The Hall–Kier alpha value is -0.650. The first kappa shape index (κ1) is 15.7. The molecule has 0 saturated heterocycles. The van der Waals surface area contributed by atoms with E-state index in [1.165, 1.54) is 16.9 Å². The summed E-state index contributed by atoms with van der Waals surface area (Å²) in [6.07, 6.45) is 0. The number of carbonyl (C=O) groups is 1. The minimum Gasteiger partial charge on any atom is -0.322 e. The van der Waals surface area contributed by atoms with E-state index >= 15 is 0 Å². The smallest absolute Gasteiger partial charge is 0.257 e. The molecule has 1 N–H and O–H groups in total. The molecule has 1 heterocycles. The van der Waals surface area contributed by atoms with E-state index in [1.807, 2.05) is 30.3 Å². The molecule has 0 radical (unpaired) electrons. The highest BCUT2D eigenvalue weighted by Crippen LogP contribution is 2.32. The van der Waals surface area contributed by atoms with E-state index in [4.69, 9.17) is 0 Å². The monoisotopic (exact) mass is 415 g/mol. The van der Waals surface area contributed by atoms with Gasteiger partial charge in [0.25, 0.3) is 5.91 Å². The van der Waals surface area contributed by atoms with Gasteiger partial charge in [-0.1, -0.05) is 32.9 Å². The molecule has 0 bridgehead atoms. The maximum Gasteiger partial charge on any atom is 0.257 e. The van der Waals surface area contributed by atoms with Crippen LogP contribution in [0.4, 0.5) is 5.69 Å². The maximum atomic E-state index is 12.2. The fraction of sp³-hybridized carbons (Fsp3) is 0.267. The molecule has 1 aromatic heterocycles. The van der Waals surface area contributed by atoms with Crippen molar-refractivity contribution in [2.45, 2.75) is 26.2 Å². The molecule has 0 atom stereocenters. The average Bonchev–Trinajstić information content (AvgIpc) is 2.68. The van der Waals surface area contributed by atoms with Crippen LogP contribution in [-0.4, -0.2) is 5.91 Å². The van der Waals surface area contributed by atoms with Crippen molar-refractivity contribution in [3.05, 3.63) is 49.0 Å². The van der Waals surface area contributed by atoms with Gasteiger partial charge >= 0.3 is 0 Å². The zero-order chi connectivity index (χ0) is 14.9. The Morgan fingerprint density at radius 1 is 1.15 bits per heavy atom. The summed E-state index contributed by atoms with van der Waals surface area (Å²) in [5, 5.41) is 2.91. The number of anilines is 1. The van der Waals surface area contributed by atoms with Crippen LogP contribution in [-0.2, 0) is 5.41 Å². The van der Waals surface area contributed by atoms with E-state index < -0.39 is 0 Å². The third-order valence-corrected chi connectivity index (χ3v) is 5.25. The molecule has 0 aliphatic heterocycles. The zero-order valence-corrected chi connectivity index (χ0v) is 15.4. The van der Waals surface area contributed by atoms with Crippen molar-refractivity contribution in [3.63, 3.8) is 0 Å². The number of hydrogen-bond donors (Lipinski definition) is 1. The van der Waals surface area contributed by atoms with E-state index in [0.717, 1.165) is 13.3 Å². The predicted molar refractivity (Wildman–Crippen MR) is 92.8 cm³/mol. The number of thiophene rings is 1. The van der Waals surface area contributed by atoms with Crippen LogP contribution in [0, 0.1) is 0 Å². The minimum absolute atomic E-state index is 0.109. The van der Waals surface area contributed by atoms with E-state index in [0.29, 0.717) is 5.56 Å². The highest BCUT2D eigenvalue weighted by atomic mass is 79.9. The van der Waals surface area contributed by atoms with Crippen LogP contribution in [0.25, 0.3) is 0 Å². The van der Waals surface area contributed by atoms with Gasteiger partial charge in [-0.2, -0.15) is 0 Å². The first-order valence-electron chi connectivity index (χ1n) is 6.14. The van der Waals surface area contributed by atoms with Gasteiger partial charge in [0.05, 0.1) is 13.1 Å². The maximum absolute atomic E-state index is 12.2. The highest BCUT2D eigenvalue weighted by molar-refractivity contribution is 9.12. The molecule has 0 aliphatic carbocycles. The van der Waals surface area contributed by atoms with E-state index in [1.54, 1.807) is 0 Å². The van der Waals surface area contributed by atoms with Crippen LogP contribution in [0.1, 0.15) is 36.7 Å². The second-order valence-electron chi connectivity index (χ2n) is 5.52. The predicted octanol–water partition coefficient (Wildman–Crippen LogP) is 5.82. The summed E-state index contributed by atoms with van der Waals surface area (Å²) in [7, 11) is 0. The number of benzene rings is 1. The molecule has 0 fully saturated rings. The molecule has 1 aromatic carbocycles. The highest BCUT2D eigenvalue weighted by Gasteiger charge is 2.15. The van der Waals surface area contributed by atoms with Crippen molar-refractivity contribution in [2.24, 2.45) is 0 Å². The van der Waals surface area contributed by atoms with Gasteiger partial charge in [0, 0.05) is 5.69 Å². The SMILES string of the molecule is CC(C)(C)c1ccc(NC(=O)c2cc(Br)sc2Br)cc1. The molecule has 106 valence electrons. The van der Waals surface area contributed by atoms with E-state index in [-0.39, 0.29) is 11.3 Å². The molecule has 0 unspecified atom stereocenters. The first-order chi connectivity index (χ1) is 9.27. The average molecular weight is 417 g/mol. The van der Waals surface area contributed by atoms with Crippen molar-refractivity contribution >= 4 is 54.8 Å². The molecular formula is C15H15Br2NOS. The van der Waals surface area contributed by atoms with Crippen molar-refractivity contribution in [1.82, 2.24) is 0 Å². The number of rotatable bonds is 2. The quantitative estimate of drug-likeness (QED) is 0.656. The van der Waals surface area contributed by atoms with E-state index in [2.05, 4.69) is 57.9 Å². The third kappa shape index (κ3) is 3.71. The number of hydrogen-bond acceptors (Lipinski definition) is 2. The van der Waals surface area contributed by atoms with Crippen LogP contribution in [0.3, 0.4) is 0 Å². The van der Waals surface area contributed by atoms with Crippen LogP contribution in [0.15, 0.2) is 37.9 Å². The van der Waals surface area contributed by atoms with Crippen LogP contribution in [0.2, 0.25) is 0 Å². The molecule has 0 saturated carbocycles. The normalized spacial score (nSPS) is 11.4. The Kier molecular flexibility index (Phi) is 4.72. The summed E-state index contributed by atoms with van der Waals surface area (Å²) in [5.74, 6) is -0.109. The van der Waals surface area contributed by atoms with Gasteiger partial charge in [0.2, 0.25) is 0 Å². The molecule has 0 spiro atoms. The summed E-state index contributed by atoms with van der Waals surface area (Å²) >= 11 is 8.26. The molecular weight excluding hydrogens is 402 g/mol. The molecule has 1 amide bonds. The number of nitrogens with one attached hydrogen (secondary N) is 1. The lowest BCUT2D eigenvalue weighted by Gasteiger charge is -2.19. The van der Waals surface area contributed by atoms with Gasteiger partial charge in [0.1, 0.15) is 0 Å². The molecule has 5 heteroatoms. The Balaban J connectivity index is 2.14. The van der Waals surface area contributed by atoms with Gasteiger partial charge < -0.3 is 5.32 Å². The van der Waals surface area contributed by atoms with Gasteiger partial charge in [-0.25, -0.2) is 0 Å². The standard InChI is InChI=1S/C15H15Br2NOS/c1-15(2,3)9-4-6-10(7-5-9)18-14(19)11-8-12(16)20-13(11)17/h4-8H,1-3H3,(H,18,19). The number of halogens is 2. The lowest BCUT2D eigenvalue weighted by molar-refractivity contribution is 0.102. The summed E-state index contributed by atoms with van der Waals surface area (Å²) < 4.78 is 1.76. The van der Waals surface area contributed by atoms with Crippen molar-refractivity contribution in [1.29, 1.82) is 0 Å². The second-order valence-corrected chi connectivity index (χ2v) is 9.27. The van der Waals surface area contributed by atoms with Crippen LogP contribution < -0.4 is 5.32 Å². The summed E-state index contributed by atoms with van der Waals surface area (Å²) in [6.45, 7) is 6.50. The van der Waals surface area contributed by atoms with Crippen molar-refractivity contribution in [2.75, 3.05) is 5.32 Å². The third-order valence-electron chi connectivity index (χ3n) is 2.91. The van der Waals surface area contributed by atoms with Gasteiger partial charge in [0.15, 0.2) is 0 Å².